The second-order valence-electron chi connectivity index (χ2n) is 9.52. The van der Waals surface area contributed by atoms with Crippen LogP contribution in [0.2, 0.25) is 0 Å². The van der Waals surface area contributed by atoms with Crippen LogP contribution in [0.4, 0.5) is 16.2 Å². The number of hydrogen-bond acceptors (Lipinski definition) is 5. The summed E-state index contributed by atoms with van der Waals surface area (Å²) in [5.41, 5.74) is 4.13. The molecule has 3 rings (SSSR count). The summed E-state index contributed by atoms with van der Waals surface area (Å²) in [6.45, 7) is 14.4. The minimum absolute atomic E-state index is 0.118. The maximum absolute atomic E-state index is 12.9. The molecule has 1 aromatic rings. The van der Waals surface area contributed by atoms with Gasteiger partial charge >= 0.3 is 6.03 Å². The van der Waals surface area contributed by atoms with Gasteiger partial charge in [-0.3, -0.25) is 0 Å². The van der Waals surface area contributed by atoms with Crippen molar-refractivity contribution in [2.75, 3.05) is 36.4 Å². The fourth-order valence-electron chi connectivity index (χ4n) is 4.41. The summed E-state index contributed by atoms with van der Waals surface area (Å²) in [6.07, 6.45) is 1.60. The lowest BCUT2D eigenvalue weighted by molar-refractivity contribution is -0.00524. The average molecular weight is 467 g/mol. The fraction of sp³-hybridized carbons (Fsp3) is 0.696. The van der Waals surface area contributed by atoms with E-state index in [9.17, 15) is 13.2 Å². The minimum atomic E-state index is -3.30. The summed E-state index contributed by atoms with van der Waals surface area (Å²) < 4.78 is 32.8. The number of hydrogen-bond donors (Lipinski definition) is 2. The van der Waals surface area contributed by atoms with Crippen LogP contribution in [0, 0.1) is 13.8 Å². The number of anilines is 2. The van der Waals surface area contributed by atoms with Gasteiger partial charge in [-0.25, -0.2) is 17.9 Å². The fourth-order valence-corrected chi connectivity index (χ4v) is 5.39. The lowest BCUT2D eigenvalue weighted by Gasteiger charge is -2.38. The number of benzene rings is 1. The van der Waals surface area contributed by atoms with Gasteiger partial charge in [0, 0.05) is 43.6 Å². The first kappa shape index (κ1) is 24.8. The van der Waals surface area contributed by atoms with E-state index < -0.39 is 15.3 Å². The Morgan fingerprint density at radius 1 is 1.06 bits per heavy atom. The van der Waals surface area contributed by atoms with E-state index >= 15 is 0 Å². The molecule has 8 nitrogen and oxygen atoms in total. The molecule has 0 radical (unpaired) electrons. The van der Waals surface area contributed by atoms with Crippen molar-refractivity contribution in [1.82, 2.24) is 9.62 Å². The largest absolute Gasteiger partial charge is 0.372 e. The Morgan fingerprint density at radius 3 is 2.22 bits per heavy atom. The number of aryl methyl sites for hydroxylation is 2. The second kappa shape index (κ2) is 9.97. The monoisotopic (exact) mass is 466 g/mol. The van der Waals surface area contributed by atoms with Crippen molar-refractivity contribution in [1.29, 1.82) is 0 Å². The molecule has 2 aliphatic heterocycles. The Balaban J connectivity index is 1.60. The van der Waals surface area contributed by atoms with Gasteiger partial charge in [-0.05, 0) is 77.6 Å². The van der Waals surface area contributed by atoms with E-state index in [0.29, 0.717) is 25.9 Å². The molecule has 0 spiro atoms. The summed E-state index contributed by atoms with van der Waals surface area (Å²) in [6, 6.07) is 3.92. The smallest absolute Gasteiger partial charge is 0.321 e. The molecule has 2 heterocycles. The first-order chi connectivity index (χ1) is 15.0. The molecule has 180 valence electrons. The summed E-state index contributed by atoms with van der Waals surface area (Å²) in [5, 5.41) is 2.60. The third-order valence-corrected chi connectivity index (χ3v) is 8.18. The SMILES string of the molecule is Cc1cc(N2C[C@@H](C)O[C@@H](C)C2)c(C)cc1NC(=O)N1CCC(NS(=O)(=O)C(C)C)CC1. The first-order valence-corrected chi connectivity index (χ1v) is 13.1. The van der Waals surface area contributed by atoms with Crippen molar-refractivity contribution in [3.63, 3.8) is 0 Å². The second-order valence-corrected chi connectivity index (χ2v) is 11.8. The highest BCUT2D eigenvalue weighted by molar-refractivity contribution is 7.90. The summed E-state index contributed by atoms with van der Waals surface area (Å²) >= 11 is 0. The van der Waals surface area contributed by atoms with Crippen LogP contribution in [0.5, 0.6) is 0 Å². The van der Waals surface area contributed by atoms with Crippen molar-refractivity contribution in [3.8, 4) is 0 Å². The average Bonchev–Trinajstić information content (AvgIpc) is 2.69. The molecule has 0 saturated carbocycles. The third-order valence-electron chi connectivity index (χ3n) is 6.28. The maximum atomic E-state index is 12.9. The summed E-state index contributed by atoms with van der Waals surface area (Å²) in [5.74, 6) is 0. The zero-order chi connectivity index (χ0) is 23.6. The first-order valence-electron chi connectivity index (χ1n) is 11.5. The highest BCUT2D eigenvalue weighted by Gasteiger charge is 2.28. The zero-order valence-electron chi connectivity index (χ0n) is 20.1. The Labute approximate surface area is 192 Å². The van der Waals surface area contributed by atoms with E-state index in [0.717, 1.165) is 29.9 Å². The number of rotatable bonds is 5. The maximum Gasteiger partial charge on any atom is 0.321 e. The lowest BCUT2D eigenvalue weighted by Crippen LogP contribution is -2.48. The number of amides is 2. The van der Waals surface area contributed by atoms with Crippen LogP contribution in [0.15, 0.2) is 12.1 Å². The van der Waals surface area contributed by atoms with Gasteiger partial charge in [-0.2, -0.15) is 0 Å². The van der Waals surface area contributed by atoms with Gasteiger partial charge in [0.15, 0.2) is 0 Å². The number of ether oxygens (including phenoxy) is 1. The van der Waals surface area contributed by atoms with Crippen molar-refractivity contribution in [3.05, 3.63) is 23.3 Å². The Hall–Kier alpha value is -1.84. The number of urea groups is 1. The number of sulfonamides is 1. The van der Waals surface area contributed by atoms with Crippen LogP contribution in [0.1, 0.15) is 51.7 Å². The Bertz CT molecular complexity index is 916. The van der Waals surface area contributed by atoms with Crippen LogP contribution in [-0.2, 0) is 14.8 Å². The van der Waals surface area contributed by atoms with Gasteiger partial charge in [0.1, 0.15) is 0 Å². The molecule has 0 aliphatic carbocycles. The van der Waals surface area contributed by atoms with Crippen LogP contribution >= 0.6 is 0 Å². The molecule has 2 saturated heterocycles. The Kier molecular flexibility index (Phi) is 7.73. The molecular weight excluding hydrogens is 428 g/mol. The van der Waals surface area contributed by atoms with E-state index in [1.54, 1.807) is 18.7 Å². The number of morpholine rings is 1. The van der Waals surface area contributed by atoms with Gasteiger partial charge in [-0.15, -0.1) is 0 Å². The number of nitrogens with one attached hydrogen (secondary N) is 2. The van der Waals surface area contributed by atoms with Crippen LogP contribution in [-0.4, -0.2) is 69.0 Å². The number of carbonyl (C=O) groups is 1. The molecular formula is C23H38N4O4S. The molecule has 2 aliphatic rings. The third kappa shape index (κ3) is 5.94. The molecule has 1 aromatic carbocycles. The number of likely N-dealkylation sites (tertiary alicyclic amines) is 1. The molecule has 0 bridgehead atoms. The quantitative estimate of drug-likeness (QED) is 0.695. The minimum Gasteiger partial charge on any atom is -0.372 e. The summed E-state index contributed by atoms with van der Waals surface area (Å²) in [7, 11) is -3.30. The molecule has 32 heavy (non-hydrogen) atoms. The number of piperidine rings is 1. The molecule has 0 unspecified atom stereocenters. The summed E-state index contributed by atoms with van der Waals surface area (Å²) in [4.78, 5) is 17.0. The van der Waals surface area contributed by atoms with Gasteiger partial charge in [0.2, 0.25) is 10.0 Å². The number of carbonyl (C=O) groups excluding carboxylic acids is 1. The van der Waals surface area contributed by atoms with Crippen LogP contribution in [0.3, 0.4) is 0 Å². The van der Waals surface area contributed by atoms with Crippen molar-refractivity contribution in [2.45, 2.75) is 77.9 Å². The topological polar surface area (TPSA) is 91.0 Å². The zero-order valence-corrected chi connectivity index (χ0v) is 21.0. The molecule has 2 amide bonds. The van der Waals surface area contributed by atoms with Crippen molar-refractivity contribution < 1.29 is 17.9 Å². The van der Waals surface area contributed by atoms with Crippen LogP contribution in [0.25, 0.3) is 0 Å². The van der Waals surface area contributed by atoms with Crippen LogP contribution < -0.4 is 14.9 Å². The van der Waals surface area contributed by atoms with E-state index in [1.165, 1.54) is 5.69 Å². The highest BCUT2D eigenvalue weighted by Crippen LogP contribution is 2.30. The van der Waals surface area contributed by atoms with Gasteiger partial charge < -0.3 is 19.9 Å². The Morgan fingerprint density at radius 2 is 1.66 bits per heavy atom. The molecule has 2 atom stereocenters. The molecule has 0 aromatic heterocycles. The van der Waals surface area contributed by atoms with E-state index in [-0.39, 0.29) is 24.3 Å². The molecule has 9 heteroatoms. The van der Waals surface area contributed by atoms with Gasteiger partial charge in [-0.1, -0.05) is 0 Å². The normalized spacial score (nSPS) is 23.0. The number of nitrogens with zero attached hydrogens (tertiary/aromatic N) is 2. The van der Waals surface area contributed by atoms with Gasteiger partial charge in [0.05, 0.1) is 17.5 Å². The lowest BCUT2D eigenvalue weighted by atomic mass is 10.1. The van der Waals surface area contributed by atoms with E-state index in [4.69, 9.17) is 4.74 Å². The highest BCUT2D eigenvalue weighted by atomic mass is 32.2. The molecule has 2 N–H and O–H groups in total. The van der Waals surface area contributed by atoms with E-state index in [2.05, 4.69) is 41.8 Å². The predicted octanol–water partition coefficient (Wildman–Crippen LogP) is 3.24. The van der Waals surface area contributed by atoms with Crippen molar-refractivity contribution >= 4 is 27.4 Å². The standard InChI is InChI=1S/C23H38N4O4S/c1-15(2)32(29,30)25-20-7-9-26(10-8-20)23(28)24-21-11-17(4)22(12-16(21)3)27-13-18(5)31-19(6)14-27/h11-12,15,18-20,25H,7-10,13-14H2,1-6H3,(H,24,28)/t18-,19+. The predicted molar refractivity (Wildman–Crippen MR) is 129 cm³/mol. The molecule has 2 fully saturated rings. The van der Waals surface area contributed by atoms with E-state index in [1.807, 2.05) is 13.0 Å². The van der Waals surface area contributed by atoms with Crippen molar-refractivity contribution in [2.24, 2.45) is 0 Å². The van der Waals surface area contributed by atoms with Gasteiger partial charge in [0.25, 0.3) is 0 Å².